The van der Waals surface area contributed by atoms with Crippen molar-refractivity contribution in [3.8, 4) is 0 Å². The number of anilines is 1. The minimum atomic E-state index is 0.0620. The van der Waals surface area contributed by atoms with Crippen LogP contribution in [0.4, 0.5) is 5.69 Å². The molecule has 1 heterocycles. The Morgan fingerprint density at radius 1 is 0.818 bits per heavy atom. The Kier molecular flexibility index (Phi) is 9.99. The van der Waals surface area contributed by atoms with Crippen molar-refractivity contribution in [1.82, 2.24) is 4.90 Å². The smallest absolute Gasteiger partial charge is 0.254 e. The van der Waals surface area contributed by atoms with E-state index >= 15 is 0 Å². The molecule has 2 aromatic rings. The molecular formula is C29H40N2O2. The Morgan fingerprint density at radius 2 is 1.52 bits per heavy atom. The lowest BCUT2D eigenvalue weighted by Gasteiger charge is -2.29. The molecule has 3 rings (SSSR count). The van der Waals surface area contributed by atoms with Gasteiger partial charge in [-0.15, -0.1) is 0 Å². The van der Waals surface area contributed by atoms with E-state index in [2.05, 4.69) is 25.1 Å². The predicted octanol–water partition coefficient (Wildman–Crippen LogP) is 6.77. The number of hydrogen-bond donors (Lipinski definition) is 0. The van der Waals surface area contributed by atoms with Crippen molar-refractivity contribution in [2.45, 2.75) is 84.6 Å². The zero-order chi connectivity index (χ0) is 23.5. The van der Waals surface area contributed by atoms with E-state index in [0.29, 0.717) is 6.54 Å². The Balaban J connectivity index is 1.78. The van der Waals surface area contributed by atoms with Gasteiger partial charge in [0.2, 0.25) is 5.91 Å². The molecule has 0 N–H and O–H groups in total. The lowest BCUT2D eigenvalue weighted by molar-refractivity contribution is -0.116. The summed E-state index contributed by atoms with van der Waals surface area (Å²) in [5, 5.41) is 0. The molecule has 0 unspecified atom stereocenters. The molecule has 178 valence electrons. The fourth-order valence-electron chi connectivity index (χ4n) is 4.67. The molecule has 0 bridgehead atoms. The van der Waals surface area contributed by atoms with E-state index in [4.69, 9.17) is 0 Å². The molecule has 0 saturated heterocycles. The molecule has 4 heteroatoms. The van der Waals surface area contributed by atoms with Crippen molar-refractivity contribution in [3.05, 3.63) is 65.2 Å². The number of carbonyl (C=O) groups excluding carboxylic acids is 2. The number of nitrogens with zero attached hydrogens (tertiary/aromatic N) is 2. The van der Waals surface area contributed by atoms with Gasteiger partial charge in [-0.05, 0) is 55.0 Å². The minimum absolute atomic E-state index is 0.0620. The van der Waals surface area contributed by atoms with Crippen LogP contribution in [0.25, 0.3) is 0 Å². The Bertz CT molecular complexity index is 891. The number of aryl methyl sites for hydroxylation is 1. The van der Waals surface area contributed by atoms with Crippen LogP contribution in [0.1, 0.15) is 93.1 Å². The van der Waals surface area contributed by atoms with Crippen molar-refractivity contribution in [1.29, 1.82) is 0 Å². The average molecular weight is 449 g/mol. The molecule has 0 radical (unpaired) electrons. The number of fused-ring (bicyclic) bond motifs is 1. The maximum Gasteiger partial charge on any atom is 0.254 e. The third kappa shape index (κ3) is 7.45. The van der Waals surface area contributed by atoms with Gasteiger partial charge in [-0.2, -0.15) is 0 Å². The van der Waals surface area contributed by atoms with Crippen molar-refractivity contribution in [2.24, 2.45) is 0 Å². The van der Waals surface area contributed by atoms with Crippen molar-refractivity contribution >= 4 is 17.5 Å². The van der Waals surface area contributed by atoms with E-state index in [1.807, 2.05) is 40.1 Å². The molecule has 1 aliphatic rings. The first kappa shape index (κ1) is 25.0. The van der Waals surface area contributed by atoms with Gasteiger partial charge in [0.1, 0.15) is 0 Å². The largest absolute Gasteiger partial charge is 0.334 e. The van der Waals surface area contributed by atoms with Crippen LogP contribution in [-0.2, 0) is 17.8 Å². The Morgan fingerprint density at radius 3 is 2.24 bits per heavy atom. The molecule has 0 aromatic heterocycles. The number of carbonyl (C=O) groups is 2. The first-order chi connectivity index (χ1) is 16.1. The normalized spacial score (nSPS) is 15.3. The summed E-state index contributed by atoms with van der Waals surface area (Å²) in [6.45, 7) is 5.87. The van der Waals surface area contributed by atoms with Gasteiger partial charge < -0.3 is 9.80 Å². The van der Waals surface area contributed by atoms with E-state index in [1.165, 1.54) is 31.2 Å². The SMILES string of the molecule is CCCCCCc1ccc(C(=O)N2CCCCCCCN(C(C)=O)c3ccccc3C2)cc1. The lowest BCUT2D eigenvalue weighted by Crippen LogP contribution is -2.34. The molecule has 2 aromatic carbocycles. The highest BCUT2D eigenvalue weighted by Gasteiger charge is 2.21. The molecule has 0 atom stereocenters. The standard InChI is InChI=1S/C29H40N2O2/c1-3-4-5-9-14-25-17-19-26(20-18-25)29(33)30-21-12-7-6-8-13-22-31(24(2)32)28-16-11-10-15-27(28)23-30/h10-11,15-20H,3-9,12-14,21-23H2,1-2H3. The van der Waals surface area contributed by atoms with Gasteiger partial charge in [0, 0.05) is 37.8 Å². The predicted molar refractivity (Wildman–Crippen MR) is 137 cm³/mol. The molecule has 0 saturated carbocycles. The van der Waals surface area contributed by atoms with Crippen LogP contribution >= 0.6 is 0 Å². The first-order valence-electron chi connectivity index (χ1n) is 12.8. The monoisotopic (exact) mass is 448 g/mol. The van der Waals surface area contributed by atoms with E-state index in [9.17, 15) is 9.59 Å². The summed E-state index contributed by atoms with van der Waals surface area (Å²) in [4.78, 5) is 29.8. The first-order valence-corrected chi connectivity index (χ1v) is 12.8. The highest BCUT2D eigenvalue weighted by atomic mass is 16.2. The molecule has 0 spiro atoms. The van der Waals surface area contributed by atoms with Gasteiger partial charge in [-0.25, -0.2) is 0 Å². The zero-order valence-corrected chi connectivity index (χ0v) is 20.5. The summed E-state index contributed by atoms with van der Waals surface area (Å²) in [6, 6.07) is 16.2. The lowest BCUT2D eigenvalue weighted by atomic mass is 10.0. The number of unbranched alkanes of at least 4 members (excludes halogenated alkanes) is 3. The number of amides is 2. The third-order valence-electron chi connectivity index (χ3n) is 6.64. The van der Waals surface area contributed by atoms with Gasteiger partial charge in [-0.3, -0.25) is 9.59 Å². The molecule has 2 amide bonds. The average Bonchev–Trinajstić information content (AvgIpc) is 2.82. The van der Waals surface area contributed by atoms with Crippen molar-refractivity contribution in [3.63, 3.8) is 0 Å². The Hall–Kier alpha value is -2.62. The fourth-order valence-corrected chi connectivity index (χ4v) is 4.67. The minimum Gasteiger partial charge on any atom is -0.334 e. The highest BCUT2D eigenvalue weighted by molar-refractivity contribution is 5.95. The zero-order valence-electron chi connectivity index (χ0n) is 20.5. The van der Waals surface area contributed by atoms with Gasteiger partial charge in [0.15, 0.2) is 0 Å². The maximum absolute atomic E-state index is 13.5. The second-order valence-corrected chi connectivity index (χ2v) is 9.30. The second kappa shape index (κ2) is 13.2. The van der Waals surface area contributed by atoms with Crippen LogP contribution in [0.15, 0.2) is 48.5 Å². The Labute approximate surface area is 200 Å². The van der Waals surface area contributed by atoms with Crippen LogP contribution in [0.2, 0.25) is 0 Å². The van der Waals surface area contributed by atoms with Crippen molar-refractivity contribution < 1.29 is 9.59 Å². The topological polar surface area (TPSA) is 40.6 Å². The van der Waals surface area contributed by atoms with E-state index < -0.39 is 0 Å². The van der Waals surface area contributed by atoms with Crippen LogP contribution in [0, 0.1) is 0 Å². The summed E-state index contributed by atoms with van der Waals surface area (Å²) in [6.07, 6.45) is 11.5. The maximum atomic E-state index is 13.5. The number of rotatable bonds is 6. The van der Waals surface area contributed by atoms with E-state index in [-0.39, 0.29) is 11.8 Å². The fraction of sp³-hybridized carbons (Fsp3) is 0.517. The molecule has 4 nitrogen and oxygen atoms in total. The summed E-state index contributed by atoms with van der Waals surface area (Å²) >= 11 is 0. The van der Waals surface area contributed by atoms with Gasteiger partial charge in [0.25, 0.3) is 5.91 Å². The summed E-state index contributed by atoms with van der Waals surface area (Å²) in [7, 11) is 0. The molecule has 0 aliphatic carbocycles. The van der Waals surface area contributed by atoms with Gasteiger partial charge in [0.05, 0.1) is 0 Å². The van der Waals surface area contributed by atoms with Crippen LogP contribution in [-0.4, -0.2) is 29.8 Å². The molecule has 1 aliphatic heterocycles. The highest BCUT2D eigenvalue weighted by Crippen LogP contribution is 2.25. The van der Waals surface area contributed by atoms with Crippen LogP contribution in [0.3, 0.4) is 0 Å². The van der Waals surface area contributed by atoms with Crippen LogP contribution in [0.5, 0.6) is 0 Å². The summed E-state index contributed by atoms with van der Waals surface area (Å²) in [5.74, 6) is 0.140. The number of benzene rings is 2. The van der Waals surface area contributed by atoms with E-state index in [1.54, 1.807) is 6.92 Å². The second-order valence-electron chi connectivity index (χ2n) is 9.30. The van der Waals surface area contributed by atoms with Gasteiger partial charge >= 0.3 is 0 Å². The van der Waals surface area contributed by atoms with Gasteiger partial charge in [-0.1, -0.05) is 75.8 Å². The summed E-state index contributed by atoms with van der Waals surface area (Å²) < 4.78 is 0. The summed E-state index contributed by atoms with van der Waals surface area (Å²) in [5.41, 5.74) is 4.03. The van der Waals surface area contributed by atoms with E-state index in [0.717, 1.165) is 68.4 Å². The number of hydrogen-bond acceptors (Lipinski definition) is 2. The van der Waals surface area contributed by atoms with Crippen molar-refractivity contribution in [2.75, 3.05) is 18.0 Å². The number of para-hydroxylation sites is 1. The van der Waals surface area contributed by atoms with Crippen LogP contribution < -0.4 is 4.90 Å². The molecule has 33 heavy (non-hydrogen) atoms. The third-order valence-corrected chi connectivity index (χ3v) is 6.64. The molecule has 0 fully saturated rings. The quantitative estimate of drug-likeness (QED) is 0.458. The molecular weight excluding hydrogens is 408 g/mol.